The van der Waals surface area contributed by atoms with Gasteiger partial charge in [-0.2, -0.15) is 0 Å². The third-order valence-corrected chi connectivity index (χ3v) is 4.69. The van der Waals surface area contributed by atoms with E-state index in [-0.39, 0.29) is 5.91 Å². The van der Waals surface area contributed by atoms with Gasteiger partial charge >= 0.3 is 0 Å². The molecule has 1 amide bonds. The molecule has 1 saturated carbocycles. The van der Waals surface area contributed by atoms with Gasteiger partial charge in [-0.1, -0.05) is 25.1 Å². The van der Waals surface area contributed by atoms with Gasteiger partial charge in [0.15, 0.2) is 0 Å². The molecule has 1 aliphatic heterocycles. The van der Waals surface area contributed by atoms with Crippen LogP contribution >= 0.6 is 0 Å². The summed E-state index contributed by atoms with van der Waals surface area (Å²) in [5, 5.41) is 0. The summed E-state index contributed by atoms with van der Waals surface area (Å²) in [6.07, 6.45) is 4.72. The van der Waals surface area contributed by atoms with E-state index in [1.165, 1.54) is 30.5 Å². The topological polar surface area (TPSA) is 23.6 Å². The Kier molecular flexibility index (Phi) is 3.68. The van der Waals surface area contributed by atoms with Crippen LogP contribution in [-0.2, 0) is 4.79 Å². The Bertz CT molecular complexity index is 496. The van der Waals surface area contributed by atoms with E-state index >= 15 is 0 Å². The Balaban J connectivity index is 1.78. The Hall–Kier alpha value is -1.51. The number of amides is 1. The summed E-state index contributed by atoms with van der Waals surface area (Å²) in [7, 11) is 1.95. The minimum absolute atomic E-state index is 0.261. The number of hydrogen-bond donors (Lipinski definition) is 0. The molecule has 0 radical (unpaired) electrons. The quantitative estimate of drug-likeness (QED) is 0.844. The van der Waals surface area contributed by atoms with Crippen molar-refractivity contribution >= 4 is 11.6 Å². The molecule has 1 aromatic rings. The fourth-order valence-corrected chi connectivity index (χ4v) is 3.16. The Morgan fingerprint density at radius 1 is 1.30 bits per heavy atom. The third-order valence-electron chi connectivity index (χ3n) is 4.69. The number of nitrogens with zero attached hydrogens (tertiary/aromatic N) is 2. The molecule has 1 atom stereocenters. The van der Waals surface area contributed by atoms with Gasteiger partial charge in [-0.25, -0.2) is 0 Å². The van der Waals surface area contributed by atoms with Gasteiger partial charge in [0, 0.05) is 25.3 Å². The summed E-state index contributed by atoms with van der Waals surface area (Å²) in [6.45, 7) is 3.81. The van der Waals surface area contributed by atoms with Crippen molar-refractivity contribution in [1.82, 2.24) is 4.90 Å². The fourth-order valence-electron chi connectivity index (χ4n) is 3.16. The SMILES string of the molecule is C[C@H]1CCCN(CC(=O)N(C)C2CC2)c2ccccc21. The lowest BCUT2D eigenvalue weighted by atomic mass is 9.96. The number of anilines is 1. The van der Waals surface area contributed by atoms with Crippen LogP contribution in [0.25, 0.3) is 0 Å². The first-order valence-electron chi connectivity index (χ1n) is 7.76. The second kappa shape index (κ2) is 5.47. The summed E-state index contributed by atoms with van der Waals surface area (Å²) in [5.41, 5.74) is 2.65. The van der Waals surface area contributed by atoms with Crippen LogP contribution in [0.15, 0.2) is 24.3 Å². The molecule has 3 nitrogen and oxygen atoms in total. The summed E-state index contributed by atoms with van der Waals surface area (Å²) in [4.78, 5) is 16.6. The van der Waals surface area contributed by atoms with Crippen molar-refractivity contribution in [2.24, 2.45) is 0 Å². The maximum atomic E-state index is 12.4. The van der Waals surface area contributed by atoms with E-state index in [4.69, 9.17) is 0 Å². The fraction of sp³-hybridized carbons (Fsp3) is 0.588. The predicted octanol–water partition coefficient (Wildman–Crippen LogP) is 3.01. The number of rotatable bonds is 3. The molecule has 1 fully saturated rings. The number of carbonyl (C=O) groups is 1. The van der Waals surface area contributed by atoms with E-state index in [1.807, 2.05) is 11.9 Å². The van der Waals surface area contributed by atoms with Crippen molar-refractivity contribution in [2.75, 3.05) is 25.0 Å². The van der Waals surface area contributed by atoms with E-state index in [2.05, 4.69) is 36.1 Å². The lowest BCUT2D eigenvalue weighted by Crippen LogP contribution is -2.39. The Morgan fingerprint density at radius 3 is 2.80 bits per heavy atom. The maximum absolute atomic E-state index is 12.4. The second-order valence-electron chi connectivity index (χ2n) is 6.26. The Morgan fingerprint density at radius 2 is 2.05 bits per heavy atom. The molecular weight excluding hydrogens is 248 g/mol. The van der Waals surface area contributed by atoms with E-state index in [0.717, 1.165) is 13.0 Å². The molecule has 3 rings (SSSR count). The van der Waals surface area contributed by atoms with Crippen LogP contribution in [0, 0.1) is 0 Å². The van der Waals surface area contributed by atoms with Crippen molar-refractivity contribution in [2.45, 2.75) is 44.6 Å². The average Bonchev–Trinajstić information content (AvgIpc) is 3.29. The van der Waals surface area contributed by atoms with Gasteiger partial charge in [0.25, 0.3) is 0 Å². The molecule has 1 aromatic carbocycles. The zero-order valence-corrected chi connectivity index (χ0v) is 12.5. The Labute approximate surface area is 121 Å². The minimum Gasteiger partial charge on any atom is -0.362 e. The molecule has 1 aliphatic carbocycles. The number of fused-ring (bicyclic) bond motifs is 1. The molecule has 20 heavy (non-hydrogen) atoms. The highest BCUT2D eigenvalue weighted by Gasteiger charge is 2.31. The molecule has 0 N–H and O–H groups in total. The van der Waals surface area contributed by atoms with Crippen molar-refractivity contribution in [1.29, 1.82) is 0 Å². The maximum Gasteiger partial charge on any atom is 0.242 e. The van der Waals surface area contributed by atoms with E-state index in [1.54, 1.807) is 0 Å². The van der Waals surface area contributed by atoms with E-state index in [9.17, 15) is 4.79 Å². The van der Waals surface area contributed by atoms with Crippen LogP contribution in [0.5, 0.6) is 0 Å². The molecule has 0 aromatic heterocycles. The van der Waals surface area contributed by atoms with Gasteiger partial charge in [0.05, 0.1) is 6.54 Å². The predicted molar refractivity (Wildman–Crippen MR) is 82.1 cm³/mol. The van der Waals surface area contributed by atoms with Crippen molar-refractivity contribution in [3.63, 3.8) is 0 Å². The molecule has 2 aliphatic rings. The standard InChI is InChI=1S/C17H24N2O/c1-13-6-5-11-19(16-8-4-3-7-15(13)16)12-17(20)18(2)14-9-10-14/h3-4,7-8,13-14H,5-6,9-12H2,1-2H3/t13-/m0/s1. The molecule has 1 heterocycles. The normalized spacial score (nSPS) is 22.1. The van der Waals surface area contributed by atoms with Crippen molar-refractivity contribution < 1.29 is 4.79 Å². The van der Waals surface area contributed by atoms with Gasteiger partial charge in [-0.05, 0) is 43.2 Å². The van der Waals surface area contributed by atoms with Crippen molar-refractivity contribution in [3.8, 4) is 0 Å². The molecule has 0 bridgehead atoms. The molecular formula is C17H24N2O. The summed E-state index contributed by atoms with van der Waals surface area (Å²) < 4.78 is 0. The monoisotopic (exact) mass is 272 g/mol. The molecule has 0 unspecified atom stereocenters. The first-order chi connectivity index (χ1) is 9.66. The first kappa shape index (κ1) is 13.5. The lowest BCUT2D eigenvalue weighted by Gasteiger charge is -2.27. The van der Waals surface area contributed by atoms with Gasteiger partial charge in [-0.3, -0.25) is 4.79 Å². The van der Waals surface area contributed by atoms with Gasteiger partial charge in [-0.15, -0.1) is 0 Å². The summed E-state index contributed by atoms with van der Waals surface area (Å²) in [5.74, 6) is 0.851. The van der Waals surface area contributed by atoms with Gasteiger partial charge < -0.3 is 9.80 Å². The average molecular weight is 272 g/mol. The van der Waals surface area contributed by atoms with Crippen LogP contribution in [0.3, 0.4) is 0 Å². The third kappa shape index (κ3) is 2.67. The first-order valence-corrected chi connectivity index (χ1v) is 7.76. The number of carbonyl (C=O) groups excluding carboxylic acids is 1. The minimum atomic E-state index is 0.261. The second-order valence-corrected chi connectivity index (χ2v) is 6.26. The number of benzene rings is 1. The number of para-hydroxylation sites is 1. The smallest absolute Gasteiger partial charge is 0.242 e. The molecule has 0 saturated heterocycles. The lowest BCUT2D eigenvalue weighted by molar-refractivity contribution is -0.128. The highest BCUT2D eigenvalue weighted by atomic mass is 16.2. The number of hydrogen-bond acceptors (Lipinski definition) is 2. The summed E-state index contributed by atoms with van der Waals surface area (Å²) in [6, 6.07) is 9.08. The summed E-state index contributed by atoms with van der Waals surface area (Å²) >= 11 is 0. The van der Waals surface area contributed by atoms with Gasteiger partial charge in [0.1, 0.15) is 0 Å². The molecule has 3 heteroatoms. The zero-order chi connectivity index (χ0) is 14.1. The van der Waals surface area contributed by atoms with E-state index in [0.29, 0.717) is 18.5 Å². The highest BCUT2D eigenvalue weighted by Crippen LogP contribution is 2.34. The highest BCUT2D eigenvalue weighted by molar-refractivity contribution is 5.82. The van der Waals surface area contributed by atoms with Crippen molar-refractivity contribution in [3.05, 3.63) is 29.8 Å². The van der Waals surface area contributed by atoms with E-state index < -0.39 is 0 Å². The van der Waals surface area contributed by atoms with Crippen LogP contribution in [0.1, 0.15) is 44.1 Å². The van der Waals surface area contributed by atoms with Gasteiger partial charge in [0.2, 0.25) is 5.91 Å². The number of likely N-dealkylation sites (N-methyl/N-ethyl adjacent to an activating group) is 1. The van der Waals surface area contributed by atoms with Crippen LogP contribution in [0.4, 0.5) is 5.69 Å². The van der Waals surface area contributed by atoms with Crippen LogP contribution in [-0.4, -0.2) is 37.0 Å². The largest absolute Gasteiger partial charge is 0.362 e. The molecule has 0 spiro atoms. The molecule has 108 valence electrons. The zero-order valence-electron chi connectivity index (χ0n) is 12.5. The van der Waals surface area contributed by atoms with Crippen LogP contribution < -0.4 is 4.90 Å². The van der Waals surface area contributed by atoms with Crippen LogP contribution in [0.2, 0.25) is 0 Å².